The van der Waals surface area contributed by atoms with E-state index in [0.29, 0.717) is 22.2 Å². The molecule has 0 aliphatic heterocycles. The lowest BCUT2D eigenvalue weighted by atomic mass is 10.2. The van der Waals surface area contributed by atoms with Gasteiger partial charge in [0, 0.05) is 11.7 Å². The Hall–Kier alpha value is -2.87. The Bertz CT molecular complexity index is 989. The van der Waals surface area contributed by atoms with Crippen LogP contribution in [0.1, 0.15) is 26.8 Å². The standard InChI is InChI=1S/C21H23FN4O2S/c1-13(2)26-19(17-7-5-6-8-18(17)22)24-25-21(26)29-14(3)20(27)23-15-9-11-16(28-4)12-10-15/h5-14H,1-4H3,(H,23,27)/t14-/m1/s1. The summed E-state index contributed by atoms with van der Waals surface area (Å²) in [6, 6.07) is 13.6. The van der Waals surface area contributed by atoms with Gasteiger partial charge in [-0.3, -0.25) is 9.36 Å². The van der Waals surface area contributed by atoms with Gasteiger partial charge in [0.25, 0.3) is 0 Å². The fraction of sp³-hybridized carbons (Fsp3) is 0.286. The molecule has 0 spiro atoms. The lowest BCUT2D eigenvalue weighted by molar-refractivity contribution is -0.115. The van der Waals surface area contributed by atoms with Gasteiger partial charge in [-0.25, -0.2) is 4.39 Å². The van der Waals surface area contributed by atoms with Gasteiger partial charge in [-0.05, 0) is 57.2 Å². The van der Waals surface area contributed by atoms with Crippen LogP contribution in [0.4, 0.5) is 10.1 Å². The van der Waals surface area contributed by atoms with Crippen LogP contribution < -0.4 is 10.1 Å². The van der Waals surface area contributed by atoms with Crippen LogP contribution in [0.2, 0.25) is 0 Å². The zero-order valence-corrected chi connectivity index (χ0v) is 17.5. The van der Waals surface area contributed by atoms with E-state index in [-0.39, 0.29) is 17.8 Å². The molecule has 0 saturated heterocycles. The molecular formula is C21H23FN4O2S. The van der Waals surface area contributed by atoms with Gasteiger partial charge < -0.3 is 10.1 Å². The third-order valence-electron chi connectivity index (χ3n) is 4.30. The molecule has 0 saturated carbocycles. The Labute approximate surface area is 173 Å². The number of carbonyl (C=O) groups is 1. The number of rotatable bonds is 7. The van der Waals surface area contributed by atoms with E-state index in [4.69, 9.17) is 4.74 Å². The van der Waals surface area contributed by atoms with Crippen molar-refractivity contribution in [1.29, 1.82) is 0 Å². The predicted octanol–water partition coefficient (Wildman–Crippen LogP) is 4.79. The minimum Gasteiger partial charge on any atom is -0.497 e. The van der Waals surface area contributed by atoms with Gasteiger partial charge in [0.05, 0.1) is 17.9 Å². The van der Waals surface area contributed by atoms with Crippen molar-refractivity contribution in [2.75, 3.05) is 12.4 Å². The van der Waals surface area contributed by atoms with E-state index in [9.17, 15) is 9.18 Å². The van der Waals surface area contributed by atoms with Crippen LogP contribution in [0, 0.1) is 5.82 Å². The number of nitrogens with zero attached hydrogens (tertiary/aromatic N) is 3. The Kier molecular flexibility index (Phi) is 6.53. The molecular weight excluding hydrogens is 391 g/mol. The van der Waals surface area contributed by atoms with E-state index in [2.05, 4.69) is 15.5 Å². The van der Waals surface area contributed by atoms with Crippen LogP contribution in [0.25, 0.3) is 11.4 Å². The first-order valence-corrected chi connectivity index (χ1v) is 10.1. The highest BCUT2D eigenvalue weighted by atomic mass is 32.2. The van der Waals surface area contributed by atoms with E-state index in [1.54, 1.807) is 56.5 Å². The molecule has 0 unspecified atom stereocenters. The average Bonchev–Trinajstić information content (AvgIpc) is 3.12. The third kappa shape index (κ3) is 4.76. The van der Waals surface area contributed by atoms with Gasteiger partial charge in [0.2, 0.25) is 5.91 Å². The molecule has 1 atom stereocenters. The van der Waals surface area contributed by atoms with Crippen molar-refractivity contribution in [2.45, 2.75) is 37.2 Å². The van der Waals surface area contributed by atoms with Crippen molar-refractivity contribution in [1.82, 2.24) is 14.8 Å². The molecule has 2 aromatic carbocycles. The average molecular weight is 415 g/mol. The van der Waals surface area contributed by atoms with Gasteiger partial charge in [-0.2, -0.15) is 0 Å². The molecule has 0 bridgehead atoms. The number of carbonyl (C=O) groups excluding carboxylic acids is 1. The molecule has 152 valence electrons. The van der Waals surface area contributed by atoms with Crippen LogP contribution in [0.15, 0.2) is 53.7 Å². The van der Waals surface area contributed by atoms with Crippen LogP contribution in [0.3, 0.4) is 0 Å². The fourth-order valence-corrected chi connectivity index (χ4v) is 3.76. The summed E-state index contributed by atoms with van der Waals surface area (Å²) in [5, 5.41) is 11.4. The second kappa shape index (κ2) is 9.09. The number of hydrogen-bond donors (Lipinski definition) is 1. The quantitative estimate of drug-likeness (QED) is 0.563. The maximum atomic E-state index is 14.3. The Balaban J connectivity index is 1.78. The number of nitrogens with one attached hydrogen (secondary N) is 1. The predicted molar refractivity (Wildman–Crippen MR) is 113 cm³/mol. The number of hydrogen-bond acceptors (Lipinski definition) is 5. The maximum absolute atomic E-state index is 14.3. The molecule has 3 aromatic rings. The van der Waals surface area contributed by atoms with Crippen molar-refractivity contribution in [3.63, 3.8) is 0 Å². The van der Waals surface area contributed by atoms with Crippen molar-refractivity contribution in [3.8, 4) is 17.1 Å². The van der Waals surface area contributed by atoms with E-state index in [0.717, 1.165) is 5.75 Å². The van der Waals surface area contributed by atoms with E-state index < -0.39 is 5.25 Å². The molecule has 3 rings (SSSR count). The van der Waals surface area contributed by atoms with Crippen LogP contribution >= 0.6 is 11.8 Å². The van der Waals surface area contributed by atoms with Crippen LogP contribution in [-0.2, 0) is 4.79 Å². The van der Waals surface area contributed by atoms with Gasteiger partial charge >= 0.3 is 0 Å². The summed E-state index contributed by atoms with van der Waals surface area (Å²) >= 11 is 1.29. The molecule has 1 aromatic heterocycles. The zero-order valence-electron chi connectivity index (χ0n) is 16.7. The normalized spacial score (nSPS) is 12.1. The maximum Gasteiger partial charge on any atom is 0.237 e. The monoisotopic (exact) mass is 414 g/mol. The molecule has 0 aliphatic carbocycles. The number of amides is 1. The largest absolute Gasteiger partial charge is 0.497 e. The first kappa shape index (κ1) is 20.9. The minimum absolute atomic E-state index is 0.000967. The van der Waals surface area contributed by atoms with E-state index in [1.807, 2.05) is 18.4 Å². The Morgan fingerprint density at radius 1 is 1.10 bits per heavy atom. The van der Waals surface area contributed by atoms with Crippen LogP contribution in [0.5, 0.6) is 5.75 Å². The van der Waals surface area contributed by atoms with Crippen molar-refractivity contribution >= 4 is 23.4 Å². The third-order valence-corrected chi connectivity index (χ3v) is 5.36. The highest BCUT2D eigenvalue weighted by Gasteiger charge is 2.23. The topological polar surface area (TPSA) is 69.0 Å². The summed E-state index contributed by atoms with van der Waals surface area (Å²) in [6.07, 6.45) is 0. The number of halogens is 1. The number of methoxy groups -OCH3 is 1. The SMILES string of the molecule is COc1ccc(NC(=O)[C@@H](C)Sc2nnc(-c3ccccc3F)n2C(C)C)cc1. The fourth-order valence-electron chi connectivity index (χ4n) is 2.78. The van der Waals surface area contributed by atoms with Crippen LogP contribution in [-0.4, -0.2) is 33.0 Å². The first-order chi connectivity index (χ1) is 13.9. The molecule has 29 heavy (non-hydrogen) atoms. The second-order valence-corrected chi connectivity index (χ2v) is 8.04. The smallest absolute Gasteiger partial charge is 0.237 e. The number of benzene rings is 2. The highest BCUT2D eigenvalue weighted by Crippen LogP contribution is 2.31. The highest BCUT2D eigenvalue weighted by molar-refractivity contribution is 8.00. The molecule has 0 aliphatic rings. The lowest BCUT2D eigenvalue weighted by Crippen LogP contribution is -2.23. The molecule has 1 heterocycles. The summed E-state index contributed by atoms with van der Waals surface area (Å²) in [5.74, 6) is 0.647. The summed E-state index contributed by atoms with van der Waals surface area (Å²) in [4.78, 5) is 12.6. The van der Waals surface area contributed by atoms with E-state index in [1.165, 1.54) is 17.8 Å². The van der Waals surface area contributed by atoms with Crippen molar-refractivity contribution in [2.24, 2.45) is 0 Å². The number of thioether (sulfide) groups is 1. The number of ether oxygens (including phenoxy) is 1. The molecule has 0 radical (unpaired) electrons. The molecule has 1 N–H and O–H groups in total. The Morgan fingerprint density at radius 3 is 2.41 bits per heavy atom. The summed E-state index contributed by atoms with van der Waals surface area (Å²) in [5.41, 5.74) is 1.07. The summed E-state index contributed by atoms with van der Waals surface area (Å²) < 4.78 is 21.2. The first-order valence-electron chi connectivity index (χ1n) is 9.22. The molecule has 1 amide bonds. The Morgan fingerprint density at radius 2 is 1.79 bits per heavy atom. The zero-order chi connectivity index (χ0) is 21.0. The van der Waals surface area contributed by atoms with Gasteiger partial charge in [0.15, 0.2) is 11.0 Å². The van der Waals surface area contributed by atoms with Gasteiger partial charge in [-0.1, -0.05) is 23.9 Å². The lowest BCUT2D eigenvalue weighted by Gasteiger charge is -2.16. The molecule has 0 fully saturated rings. The van der Waals surface area contributed by atoms with E-state index >= 15 is 0 Å². The second-order valence-electron chi connectivity index (χ2n) is 6.73. The number of anilines is 1. The van der Waals surface area contributed by atoms with Gasteiger partial charge in [0.1, 0.15) is 11.6 Å². The molecule has 8 heteroatoms. The van der Waals surface area contributed by atoms with Gasteiger partial charge in [-0.15, -0.1) is 10.2 Å². The van der Waals surface area contributed by atoms with Crippen molar-refractivity contribution < 1.29 is 13.9 Å². The van der Waals surface area contributed by atoms with Crippen molar-refractivity contribution in [3.05, 3.63) is 54.3 Å². The summed E-state index contributed by atoms with van der Waals surface area (Å²) in [6.45, 7) is 5.74. The number of aromatic nitrogens is 3. The summed E-state index contributed by atoms with van der Waals surface area (Å²) in [7, 11) is 1.59. The minimum atomic E-state index is -0.424. The molecule has 6 nitrogen and oxygen atoms in total.